The second-order valence-corrected chi connectivity index (χ2v) is 9.12. The van der Waals surface area contributed by atoms with Crippen LogP contribution in [0.4, 0.5) is 0 Å². The highest BCUT2D eigenvalue weighted by atomic mass is 14.7. The van der Waals surface area contributed by atoms with E-state index in [-0.39, 0.29) is 0 Å². The number of aryl methyl sites for hydroxylation is 2. The number of rotatable bonds is 3. The van der Waals surface area contributed by atoms with Crippen molar-refractivity contribution in [2.24, 2.45) is 0 Å². The summed E-state index contributed by atoms with van der Waals surface area (Å²) >= 11 is 0. The van der Waals surface area contributed by atoms with Crippen molar-refractivity contribution in [3.63, 3.8) is 0 Å². The lowest BCUT2D eigenvalue weighted by molar-refractivity contribution is 1.38. The first-order valence-corrected chi connectivity index (χ1v) is 11.7. The van der Waals surface area contributed by atoms with Gasteiger partial charge in [-0.25, -0.2) is 4.98 Å². The molecule has 0 amide bonds. The zero-order chi connectivity index (χ0) is 23.1. The molecule has 0 N–H and O–H groups in total. The second kappa shape index (κ2) is 8.28. The van der Waals surface area contributed by atoms with Crippen LogP contribution in [-0.4, -0.2) is 4.98 Å². The average Bonchev–Trinajstić information content (AvgIpc) is 2.87. The number of para-hydroxylation sites is 1. The SMILES string of the molecule is Cc1cc(C)cc(-c2ccc3cc(-c4ccc(-c5ccc6ccccc6n5)cc4)ccc3c2)c1. The first-order chi connectivity index (χ1) is 16.6. The van der Waals surface area contributed by atoms with Gasteiger partial charge in [-0.3, -0.25) is 0 Å². The van der Waals surface area contributed by atoms with Gasteiger partial charge in [-0.15, -0.1) is 0 Å². The minimum absolute atomic E-state index is 1.00. The Bertz CT molecular complexity index is 1640. The van der Waals surface area contributed by atoms with Gasteiger partial charge in [0.1, 0.15) is 0 Å². The third-order valence-electron chi connectivity index (χ3n) is 6.51. The molecule has 0 fully saturated rings. The molecule has 0 aliphatic carbocycles. The van der Waals surface area contributed by atoms with Crippen molar-refractivity contribution in [3.8, 4) is 33.5 Å². The quantitative estimate of drug-likeness (QED) is 0.270. The van der Waals surface area contributed by atoms with Gasteiger partial charge in [0.2, 0.25) is 0 Å². The van der Waals surface area contributed by atoms with Crippen LogP contribution in [-0.2, 0) is 0 Å². The summed E-state index contributed by atoms with van der Waals surface area (Å²) in [7, 11) is 0. The number of hydrogen-bond acceptors (Lipinski definition) is 1. The van der Waals surface area contributed by atoms with Gasteiger partial charge >= 0.3 is 0 Å². The standard InChI is InChI=1S/C33H25N/c1-22-17-23(2)19-31(18-22)30-14-13-28-20-27(11-12-29(28)21-30)24-7-9-26(10-8-24)33-16-15-25-5-3-4-6-32(25)34-33/h3-21H,1-2H3. The first kappa shape index (κ1) is 20.4. The molecule has 0 saturated carbocycles. The van der Waals surface area contributed by atoms with Crippen LogP contribution in [0.15, 0.2) is 115 Å². The lowest BCUT2D eigenvalue weighted by atomic mass is 9.96. The van der Waals surface area contributed by atoms with Crippen molar-refractivity contribution in [1.82, 2.24) is 4.98 Å². The number of nitrogens with zero attached hydrogens (tertiary/aromatic N) is 1. The van der Waals surface area contributed by atoms with Crippen molar-refractivity contribution >= 4 is 21.7 Å². The number of pyridine rings is 1. The summed E-state index contributed by atoms with van der Waals surface area (Å²) in [6.07, 6.45) is 0. The molecule has 0 unspecified atom stereocenters. The summed E-state index contributed by atoms with van der Waals surface area (Å²) in [6, 6.07) is 41.4. The van der Waals surface area contributed by atoms with E-state index in [0.29, 0.717) is 0 Å². The third-order valence-corrected chi connectivity index (χ3v) is 6.51. The van der Waals surface area contributed by atoms with E-state index in [1.165, 1.54) is 49.5 Å². The van der Waals surface area contributed by atoms with Crippen LogP contribution in [0.3, 0.4) is 0 Å². The van der Waals surface area contributed by atoms with Crippen molar-refractivity contribution in [1.29, 1.82) is 0 Å². The Labute approximate surface area is 200 Å². The molecule has 0 aliphatic rings. The van der Waals surface area contributed by atoms with Crippen LogP contribution in [0.2, 0.25) is 0 Å². The molecule has 34 heavy (non-hydrogen) atoms. The highest BCUT2D eigenvalue weighted by Crippen LogP contribution is 2.30. The summed E-state index contributed by atoms with van der Waals surface area (Å²) in [4.78, 5) is 4.83. The molecular formula is C33H25N. The summed E-state index contributed by atoms with van der Waals surface area (Å²) in [5.41, 5.74) is 10.7. The van der Waals surface area contributed by atoms with Gasteiger partial charge in [0.15, 0.2) is 0 Å². The van der Waals surface area contributed by atoms with E-state index in [9.17, 15) is 0 Å². The highest BCUT2D eigenvalue weighted by molar-refractivity contribution is 5.91. The van der Waals surface area contributed by atoms with Crippen molar-refractivity contribution in [2.75, 3.05) is 0 Å². The molecule has 0 saturated heterocycles. The van der Waals surface area contributed by atoms with E-state index in [1.807, 2.05) is 12.1 Å². The Morgan fingerprint density at radius 2 is 0.971 bits per heavy atom. The molecule has 6 rings (SSSR count). The van der Waals surface area contributed by atoms with Gasteiger partial charge in [-0.2, -0.15) is 0 Å². The van der Waals surface area contributed by atoms with Gasteiger partial charge in [-0.05, 0) is 71.1 Å². The van der Waals surface area contributed by atoms with Gasteiger partial charge in [0, 0.05) is 10.9 Å². The van der Waals surface area contributed by atoms with Crippen LogP contribution >= 0.6 is 0 Å². The minimum atomic E-state index is 1.00. The van der Waals surface area contributed by atoms with E-state index < -0.39 is 0 Å². The predicted molar refractivity (Wildman–Crippen MR) is 145 cm³/mol. The fourth-order valence-electron chi connectivity index (χ4n) is 4.81. The Balaban J connectivity index is 1.31. The molecule has 1 heterocycles. The summed E-state index contributed by atoms with van der Waals surface area (Å²) in [5.74, 6) is 0. The Morgan fingerprint density at radius 3 is 1.68 bits per heavy atom. The lowest BCUT2D eigenvalue weighted by Crippen LogP contribution is -1.86. The Hall–Kier alpha value is -4.23. The summed E-state index contributed by atoms with van der Waals surface area (Å²) < 4.78 is 0. The molecule has 0 radical (unpaired) electrons. The number of hydrogen-bond donors (Lipinski definition) is 0. The zero-order valence-corrected chi connectivity index (χ0v) is 19.4. The maximum atomic E-state index is 4.83. The molecule has 0 bridgehead atoms. The molecule has 1 aromatic heterocycles. The van der Waals surface area contributed by atoms with Crippen molar-refractivity contribution in [3.05, 3.63) is 126 Å². The third kappa shape index (κ3) is 3.86. The maximum Gasteiger partial charge on any atom is 0.0709 e. The predicted octanol–water partition coefficient (Wildman–Crippen LogP) is 9.01. The smallest absolute Gasteiger partial charge is 0.0709 e. The summed E-state index contributed by atoms with van der Waals surface area (Å²) in [5, 5.41) is 3.68. The second-order valence-electron chi connectivity index (χ2n) is 9.12. The van der Waals surface area contributed by atoms with E-state index >= 15 is 0 Å². The van der Waals surface area contributed by atoms with Crippen molar-refractivity contribution < 1.29 is 0 Å². The van der Waals surface area contributed by atoms with Crippen LogP contribution < -0.4 is 0 Å². The molecular weight excluding hydrogens is 410 g/mol. The molecule has 0 aliphatic heterocycles. The first-order valence-electron chi connectivity index (χ1n) is 11.7. The molecule has 0 spiro atoms. The van der Waals surface area contributed by atoms with E-state index in [4.69, 9.17) is 4.98 Å². The van der Waals surface area contributed by atoms with Gasteiger partial charge in [0.25, 0.3) is 0 Å². The molecule has 1 nitrogen and oxygen atoms in total. The van der Waals surface area contributed by atoms with Crippen LogP contribution in [0.25, 0.3) is 55.2 Å². The normalized spacial score (nSPS) is 11.2. The van der Waals surface area contributed by atoms with E-state index in [2.05, 4.69) is 117 Å². The fraction of sp³-hybridized carbons (Fsp3) is 0.0606. The minimum Gasteiger partial charge on any atom is -0.248 e. The molecule has 0 atom stereocenters. The van der Waals surface area contributed by atoms with Gasteiger partial charge in [0.05, 0.1) is 11.2 Å². The van der Waals surface area contributed by atoms with E-state index in [1.54, 1.807) is 0 Å². The fourth-order valence-corrected chi connectivity index (χ4v) is 4.81. The number of aromatic nitrogens is 1. The van der Waals surface area contributed by atoms with Gasteiger partial charge in [-0.1, -0.05) is 102 Å². The van der Waals surface area contributed by atoms with Crippen LogP contribution in [0, 0.1) is 13.8 Å². The molecule has 162 valence electrons. The van der Waals surface area contributed by atoms with Crippen LogP contribution in [0.1, 0.15) is 11.1 Å². The summed E-state index contributed by atoms with van der Waals surface area (Å²) in [6.45, 7) is 4.32. The largest absolute Gasteiger partial charge is 0.248 e. The van der Waals surface area contributed by atoms with Gasteiger partial charge < -0.3 is 0 Å². The van der Waals surface area contributed by atoms with Crippen LogP contribution in [0.5, 0.6) is 0 Å². The molecule has 1 heteroatoms. The maximum absolute atomic E-state index is 4.83. The monoisotopic (exact) mass is 435 g/mol. The number of benzene rings is 5. The molecule has 5 aromatic carbocycles. The van der Waals surface area contributed by atoms with E-state index in [0.717, 1.165) is 16.8 Å². The topological polar surface area (TPSA) is 12.9 Å². The highest BCUT2D eigenvalue weighted by Gasteiger charge is 2.06. The Kier molecular flexibility index (Phi) is 4.96. The average molecular weight is 436 g/mol. The number of fused-ring (bicyclic) bond motifs is 2. The molecule has 6 aromatic rings. The van der Waals surface area contributed by atoms with Crippen molar-refractivity contribution in [2.45, 2.75) is 13.8 Å². The Morgan fingerprint density at radius 1 is 0.412 bits per heavy atom. The zero-order valence-electron chi connectivity index (χ0n) is 19.4. The lowest BCUT2D eigenvalue weighted by Gasteiger charge is -2.09.